The van der Waals surface area contributed by atoms with E-state index in [1.165, 1.54) is 18.3 Å². The fraction of sp³-hybridized carbons (Fsp3) is 0.133. The van der Waals surface area contributed by atoms with Crippen molar-refractivity contribution in [2.45, 2.75) is 11.8 Å². The highest BCUT2D eigenvalue weighted by Gasteiger charge is 2.12. The molecule has 0 spiro atoms. The van der Waals surface area contributed by atoms with Gasteiger partial charge in [0, 0.05) is 0 Å². The van der Waals surface area contributed by atoms with Crippen molar-refractivity contribution in [3.63, 3.8) is 0 Å². The molecule has 7 heteroatoms. The first-order valence-corrected chi connectivity index (χ1v) is 8.03. The van der Waals surface area contributed by atoms with Crippen molar-refractivity contribution in [3.8, 4) is 5.75 Å². The van der Waals surface area contributed by atoms with Crippen molar-refractivity contribution in [3.05, 3.63) is 59.9 Å². The molecule has 0 unspecified atom stereocenters. The molecule has 2 aromatic rings. The van der Waals surface area contributed by atoms with Crippen LogP contribution in [0.5, 0.6) is 5.75 Å². The number of hydrazone groups is 1. The highest BCUT2D eigenvalue weighted by atomic mass is 32.2. The number of hydrogen-bond donors (Lipinski definition) is 1. The summed E-state index contributed by atoms with van der Waals surface area (Å²) in [7, 11) is -3.81. The van der Waals surface area contributed by atoms with Crippen LogP contribution in [-0.2, 0) is 10.0 Å². The average molecular weight is 322 g/mol. The van der Waals surface area contributed by atoms with E-state index in [1.807, 2.05) is 6.92 Å². The molecule has 0 fully saturated rings. The monoisotopic (exact) mass is 322 g/mol. The third-order valence-electron chi connectivity index (χ3n) is 2.68. The number of rotatable bonds is 6. The van der Waals surface area contributed by atoms with Crippen LogP contribution < -0.4 is 9.57 Å². The maximum Gasteiger partial charge on any atom is 0.276 e. The molecule has 0 aliphatic rings. The van der Waals surface area contributed by atoms with Gasteiger partial charge in [-0.25, -0.2) is 9.22 Å². The third kappa shape index (κ3) is 4.29. The van der Waals surface area contributed by atoms with Crippen molar-refractivity contribution in [2.24, 2.45) is 5.10 Å². The fourth-order valence-corrected chi connectivity index (χ4v) is 2.48. The fourth-order valence-electron chi connectivity index (χ4n) is 1.69. The Morgan fingerprint density at radius 2 is 1.95 bits per heavy atom. The second-order valence-corrected chi connectivity index (χ2v) is 5.97. The molecule has 0 aromatic heterocycles. The second kappa shape index (κ2) is 7.04. The zero-order chi connectivity index (χ0) is 16.0. The molecular formula is C15H15FN2O3S. The van der Waals surface area contributed by atoms with E-state index in [0.717, 1.165) is 12.1 Å². The molecule has 0 bridgehead atoms. The van der Waals surface area contributed by atoms with E-state index in [0.29, 0.717) is 17.9 Å². The van der Waals surface area contributed by atoms with E-state index in [9.17, 15) is 12.8 Å². The summed E-state index contributed by atoms with van der Waals surface area (Å²) in [5.74, 6) is 0.169. The minimum absolute atomic E-state index is 0.0610. The van der Waals surface area contributed by atoms with Crippen LogP contribution in [0.15, 0.2) is 58.5 Å². The lowest BCUT2D eigenvalue weighted by molar-refractivity contribution is 0.340. The standard InChI is InChI=1S/C15H15FN2O3S/c1-2-21-14-5-3-4-12(10-14)11-17-18-22(19,20)15-8-6-13(16)7-9-15/h3-11,18H,2H2,1H3/b17-11+. The summed E-state index contributed by atoms with van der Waals surface area (Å²) < 4.78 is 42.0. The molecule has 0 aliphatic heterocycles. The molecule has 1 N–H and O–H groups in total. The van der Waals surface area contributed by atoms with Gasteiger partial charge in [-0.3, -0.25) is 0 Å². The molecule has 0 atom stereocenters. The van der Waals surface area contributed by atoms with Gasteiger partial charge in [-0.15, -0.1) is 0 Å². The molecular weight excluding hydrogens is 307 g/mol. The summed E-state index contributed by atoms with van der Waals surface area (Å²) >= 11 is 0. The van der Waals surface area contributed by atoms with Crippen LogP contribution in [0.2, 0.25) is 0 Å². The number of benzene rings is 2. The molecule has 22 heavy (non-hydrogen) atoms. The summed E-state index contributed by atoms with van der Waals surface area (Å²) in [4.78, 5) is 2.01. The maximum atomic E-state index is 12.8. The van der Waals surface area contributed by atoms with Crippen LogP contribution in [0, 0.1) is 5.82 Å². The predicted molar refractivity (Wildman–Crippen MR) is 81.9 cm³/mol. The van der Waals surface area contributed by atoms with Crippen molar-refractivity contribution >= 4 is 16.2 Å². The van der Waals surface area contributed by atoms with E-state index in [2.05, 4.69) is 9.93 Å². The Morgan fingerprint density at radius 3 is 2.64 bits per heavy atom. The number of hydrogen-bond acceptors (Lipinski definition) is 4. The number of nitrogens with one attached hydrogen (secondary N) is 1. The summed E-state index contributed by atoms with van der Waals surface area (Å²) in [6.07, 6.45) is 1.36. The average Bonchev–Trinajstić information content (AvgIpc) is 2.48. The lowest BCUT2D eigenvalue weighted by Crippen LogP contribution is -2.18. The van der Waals surface area contributed by atoms with Gasteiger partial charge in [0.1, 0.15) is 11.6 Å². The van der Waals surface area contributed by atoms with Crippen LogP contribution >= 0.6 is 0 Å². The van der Waals surface area contributed by atoms with Gasteiger partial charge in [0.05, 0.1) is 17.7 Å². The highest BCUT2D eigenvalue weighted by molar-refractivity contribution is 7.89. The topological polar surface area (TPSA) is 67.8 Å². The molecule has 116 valence electrons. The third-order valence-corrected chi connectivity index (χ3v) is 3.92. The Bertz CT molecular complexity index is 759. The SMILES string of the molecule is CCOc1cccc(/C=N/NS(=O)(=O)c2ccc(F)cc2)c1. The number of sulfonamides is 1. The Hall–Kier alpha value is -2.41. The first kappa shape index (κ1) is 16.0. The Labute approximate surface area is 128 Å². The van der Waals surface area contributed by atoms with Gasteiger partial charge in [-0.2, -0.15) is 13.5 Å². The van der Waals surface area contributed by atoms with Gasteiger partial charge >= 0.3 is 0 Å². The van der Waals surface area contributed by atoms with E-state index in [1.54, 1.807) is 24.3 Å². The van der Waals surface area contributed by atoms with Crippen LogP contribution in [0.4, 0.5) is 4.39 Å². The molecule has 0 heterocycles. The Morgan fingerprint density at radius 1 is 1.23 bits per heavy atom. The smallest absolute Gasteiger partial charge is 0.276 e. The number of ether oxygens (including phenoxy) is 1. The molecule has 0 radical (unpaired) electrons. The van der Waals surface area contributed by atoms with E-state index < -0.39 is 15.8 Å². The van der Waals surface area contributed by atoms with Gasteiger partial charge in [0.25, 0.3) is 10.0 Å². The summed E-state index contributed by atoms with van der Waals surface area (Å²) in [5.41, 5.74) is 0.688. The van der Waals surface area contributed by atoms with Gasteiger partial charge in [0.15, 0.2) is 0 Å². The van der Waals surface area contributed by atoms with Crippen molar-refractivity contribution in [1.82, 2.24) is 4.83 Å². The molecule has 0 saturated heterocycles. The normalized spacial score (nSPS) is 11.5. The van der Waals surface area contributed by atoms with Crippen LogP contribution in [0.3, 0.4) is 0 Å². The maximum absolute atomic E-state index is 12.8. The Kier molecular flexibility index (Phi) is 5.11. The summed E-state index contributed by atoms with van der Waals surface area (Å²) in [5, 5.41) is 3.70. The lowest BCUT2D eigenvalue weighted by atomic mass is 10.2. The predicted octanol–water partition coefficient (Wildman–Crippen LogP) is 2.54. The van der Waals surface area contributed by atoms with E-state index in [-0.39, 0.29) is 4.90 Å². The second-order valence-electron chi connectivity index (χ2n) is 4.31. The molecule has 0 aliphatic carbocycles. The highest BCUT2D eigenvalue weighted by Crippen LogP contribution is 2.12. The zero-order valence-corrected chi connectivity index (χ0v) is 12.7. The largest absolute Gasteiger partial charge is 0.494 e. The Balaban J connectivity index is 2.08. The molecule has 5 nitrogen and oxygen atoms in total. The number of halogens is 1. The van der Waals surface area contributed by atoms with Gasteiger partial charge in [-0.05, 0) is 48.9 Å². The molecule has 0 amide bonds. The van der Waals surface area contributed by atoms with Crippen molar-refractivity contribution < 1.29 is 17.5 Å². The van der Waals surface area contributed by atoms with Gasteiger partial charge in [-0.1, -0.05) is 12.1 Å². The van der Waals surface area contributed by atoms with Crippen LogP contribution in [0.25, 0.3) is 0 Å². The number of nitrogens with zero attached hydrogens (tertiary/aromatic N) is 1. The molecule has 0 saturated carbocycles. The van der Waals surface area contributed by atoms with Gasteiger partial charge in [0.2, 0.25) is 0 Å². The summed E-state index contributed by atoms with van der Waals surface area (Å²) in [6.45, 7) is 2.41. The van der Waals surface area contributed by atoms with Gasteiger partial charge < -0.3 is 4.74 Å². The zero-order valence-electron chi connectivity index (χ0n) is 11.9. The minimum Gasteiger partial charge on any atom is -0.494 e. The van der Waals surface area contributed by atoms with E-state index >= 15 is 0 Å². The first-order valence-electron chi connectivity index (χ1n) is 6.54. The van der Waals surface area contributed by atoms with Crippen molar-refractivity contribution in [1.29, 1.82) is 0 Å². The molecule has 2 aromatic carbocycles. The quantitative estimate of drug-likeness (QED) is 0.656. The molecule has 2 rings (SSSR count). The lowest BCUT2D eigenvalue weighted by Gasteiger charge is -2.04. The van der Waals surface area contributed by atoms with Crippen molar-refractivity contribution in [2.75, 3.05) is 6.61 Å². The minimum atomic E-state index is -3.81. The van der Waals surface area contributed by atoms with Crippen LogP contribution in [0.1, 0.15) is 12.5 Å². The first-order chi connectivity index (χ1) is 10.5. The van der Waals surface area contributed by atoms with E-state index in [4.69, 9.17) is 4.74 Å². The summed E-state index contributed by atoms with van der Waals surface area (Å²) in [6, 6.07) is 11.6. The van der Waals surface area contributed by atoms with Crippen LogP contribution in [-0.4, -0.2) is 21.2 Å².